The third-order valence-corrected chi connectivity index (χ3v) is 4.01. The molecular weight excluding hydrogens is 290 g/mol. The highest BCUT2D eigenvalue weighted by atomic mass is 32.1. The van der Waals surface area contributed by atoms with E-state index in [0.717, 1.165) is 4.88 Å². The van der Waals surface area contributed by atoms with Crippen molar-refractivity contribution in [2.45, 2.75) is 13.0 Å². The molecule has 1 amide bonds. The molecule has 3 heterocycles. The van der Waals surface area contributed by atoms with Gasteiger partial charge in [0, 0.05) is 17.5 Å². The van der Waals surface area contributed by atoms with E-state index in [1.54, 1.807) is 29.2 Å². The van der Waals surface area contributed by atoms with E-state index in [9.17, 15) is 4.79 Å². The van der Waals surface area contributed by atoms with Crippen molar-refractivity contribution in [2.75, 3.05) is 19.8 Å². The molecule has 110 valence electrons. The minimum Gasteiger partial charge on any atom is -0.377 e. The lowest BCUT2D eigenvalue weighted by Crippen LogP contribution is -2.42. The summed E-state index contributed by atoms with van der Waals surface area (Å²) in [6, 6.07) is 3.60. The highest BCUT2D eigenvalue weighted by molar-refractivity contribution is 7.10. The van der Waals surface area contributed by atoms with Crippen LogP contribution in [-0.4, -0.2) is 40.7 Å². The zero-order valence-corrected chi connectivity index (χ0v) is 12.4. The number of carbonyl (C=O) groups is 1. The first-order chi connectivity index (χ1) is 10.2. The van der Waals surface area contributed by atoms with Crippen molar-refractivity contribution < 1.29 is 14.1 Å². The highest BCUT2D eigenvalue weighted by Crippen LogP contribution is 2.23. The molecule has 21 heavy (non-hydrogen) atoms. The van der Waals surface area contributed by atoms with E-state index in [-0.39, 0.29) is 11.9 Å². The summed E-state index contributed by atoms with van der Waals surface area (Å²) < 4.78 is 10.6. The summed E-state index contributed by atoms with van der Waals surface area (Å²) in [6.07, 6.45) is 3.39. The molecule has 0 aliphatic carbocycles. The molecule has 0 spiro atoms. The summed E-state index contributed by atoms with van der Waals surface area (Å²) in [6.45, 7) is 3.15. The minimum absolute atomic E-state index is 0.0763. The van der Waals surface area contributed by atoms with Crippen molar-refractivity contribution >= 4 is 23.3 Å². The van der Waals surface area contributed by atoms with Crippen LogP contribution in [0.15, 0.2) is 28.1 Å². The normalized spacial score (nSPS) is 19.3. The first-order valence-electron chi connectivity index (χ1n) is 6.64. The number of aryl methyl sites for hydroxylation is 1. The van der Waals surface area contributed by atoms with Crippen molar-refractivity contribution in [3.63, 3.8) is 0 Å². The number of aromatic nitrogens is 2. The van der Waals surface area contributed by atoms with Crippen LogP contribution in [0.25, 0.3) is 6.08 Å². The number of amides is 1. The number of rotatable bonds is 3. The second-order valence-corrected chi connectivity index (χ2v) is 5.63. The van der Waals surface area contributed by atoms with Crippen LogP contribution in [0.4, 0.5) is 0 Å². The standard InChI is InChI=1S/C14H15N3O3S/c1-10-15-14(20-16-10)12-9-19-7-6-17(12)13(18)5-4-11-3-2-8-21-11/h2-5,8,12H,6-7,9H2,1H3. The molecule has 0 N–H and O–H groups in total. The summed E-state index contributed by atoms with van der Waals surface area (Å²) in [5, 5.41) is 5.75. The van der Waals surface area contributed by atoms with E-state index >= 15 is 0 Å². The van der Waals surface area contributed by atoms with Crippen LogP contribution in [0.3, 0.4) is 0 Å². The van der Waals surface area contributed by atoms with Crippen LogP contribution in [0.5, 0.6) is 0 Å². The zero-order valence-electron chi connectivity index (χ0n) is 11.6. The van der Waals surface area contributed by atoms with Gasteiger partial charge in [-0.05, 0) is 24.4 Å². The Morgan fingerprint density at radius 3 is 3.19 bits per heavy atom. The van der Waals surface area contributed by atoms with Gasteiger partial charge in [-0.25, -0.2) is 0 Å². The Labute approximate surface area is 126 Å². The largest absolute Gasteiger partial charge is 0.377 e. The topological polar surface area (TPSA) is 68.5 Å². The average molecular weight is 305 g/mol. The van der Waals surface area contributed by atoms with E-state index in [1.807, 2.05) is 23.6 Å². The molecule has 1 saturated heterocycles. The maximum Gasteiger partial charge on any atom is 0.251 e. The molecule has 7 heteroatoms. The van der Waals surface area contributed by atoms with Gasteiger partial charge in [-0.1, -0.05) is 11.2 Å². The maximum absolute atomic E-state index is 12.4. The van der Waals surface area contributed by atoms with Gasteiger partial charge in [-0.15, -0.1) is 11.3 Å². The molecule has 0 saturated carbocycles. The molecule has 1 fully saturated rings. The van der Waals surface area contributed by atoms with Gasteiger partial charge < -0.3 is 14.2 Å². The smallest absolute Gasteiger partial charge is 0.251 e. The molecule has 2 aromatic rings. The van der Waals surface area contributed by atoms with E-state index in [0.29, 0.717) is 31.5 Å². The number of morpholine rings is 1. The second-order valence-electron chi connectivity index (χ2n) is 4.65. The lowest BCUT2D eigenvalue weighted by atomic mass is 10.2. The van der Waals surface area contributed by atoms with Gasteiger partial charge in [0.1, 0.15) is 6.04 Å². The van der Waals surface area contributed by atoms with E-state index in [4.69, 9.17) is 9.26 Å². The molecule has 1 aliphatic rings. The van der Waals surface area contributed by atoms with E-state index < -0.39 is 0 Å². The molecule has 0 aromatic carbocycles. The number of carbonyl (C=O) groups excluding carboxylic acids is 1. The molecule has 2 aromatic heterocycles. The lowest BCUT2D eigenvalue weighted by molar-refractivity contribution is -0.135. The Hall–Kier alpha value is -1.99. The van der Waals surface area contributed by atoms with Gasteiger partial charge in [0.2, 0.25) is 5.91 Å². The van der Waals surface area contributed by atoms with Crippen LogP contribution in [-0.2, 0) is 9.53 Å². The monoisotopic (exact) mass is 305 g/mol. The Bertz CT molecular complexity index is 636. The van der Waals surface area contributed by atoms with Gasteiger partial charge in [0.25, 0.3) is 5.89 Å². The van der Waals surface area contributed by atoms with Gasteiger partial charge in [0.05, 0.1) is 13.2 Å². The molecule has 0 bridgehead atoms. The Morgan fingerprint density at radius 2 is 2.48 bits per heavy atom. The molecule has 0 radical (unpaired) electrons. The summed E-state index contributed by atoms with van der Waals surface area (Å²) >= 11 is 1.59. The lowest BCUT2D eigenvalue weighted by Gasteiger charge is -2.32. The van der Waals surface area contributed by atoms with Crippen LogP contribution < -0.4 is 0 Å². The van der Waals surface area contributed by atoms with Crippen LogP contribution >= 0.6 is 11.3 Å². The van der Waals surface area contributed by atoms with Crippen LogP contribution in [0.1, 0.15) is 22.6 Å². The minimum atomic E-state index is -0.319. The Morgan fingerprint density at radius 1 is 1.57 bits per heavy atom. The molecule has 3 rings (SSSR count). The fourth-order valence-electron chi connectivity index (χ4n) is 2.16. The third-order valence-electron chi connectivity index (χ3n) is 3.17. The molecular formula is C14H15N3O3S. The first-order valence-corrected chi connectivity index (χ1v) is 7.52. The van der Waals surface area contributed by atoms with Crippen LogP contribution in [0.2, 0.25) is 0 Å². The van der Waals surface area contributed by atoms with Gasteiger partial charge in [-0.3, -0.25) is 4.79 Å². The van der Waals surface area contributed by atoms with Gasteiger partial charge in [-0.2, -0.15) is 4.98 Å². The van der Waals surface area contributed by atoms with Crippen molar-refractivity contribution in [1.29, 1.82) is 0 Å². The van der Waals surface area contributed by atoms with Crippen LogP contribution in [0, 0.1) is 6.92 Å². The number of ether oxygens (including phenoxy) is 1. The van der Waals surface area contributed by atoms with E-state index in [1.165, 1.54) is 0 Å². The molecule has 6 nitrogen and oxygen atoms in total. The highest BCUT2D eigenvalue weighted by Gasteiger charge is 2.31. The fraction of sp³-hybridized carbons (Fsp3) is 0.357. The summed E-state index contributed by atoms with van der Waals surface area (Å²) in [5.74, 6) is 0.898. The predicted molar refractivity (Wildman–Crippen MR) is 77.7 cm³/mol. The number of hydrogen-bond acceptors (Lipinski definition) is 6. The quantitative estimate of drug-likeness (QED) is 0.812. The Balaban J connectivity index is 1.76. The first kappa shape index (κ1) is 14.0. The summed E-state index contributed by atoms with van der Waals surface area (Å²) in [4.78, 5) is 19.3. The van der Waals surface area contributed by atoms with Gasteiger partial charge >= 0.3 is 0 Å². The number of nitrogens with zero attached hydrogens (tertiary/aromatic N) is 3. The van der Waals surface area contributed by atoms with E-state index in [2.05, 4.69) is 10.1 Å². The average Bonchev–Trinajstić information content (AvgIpc) is 3.16. The Kier molecular flexibility index (Phi) is 4.12. The zero-order chi connectivity index (χ0) is 14.7. The SMILES string of the molecule is Cc1noc(C2COCCN2C(=O)C=Cc2cccs2)n1. The maximum atomic E-state index is 12.4. The second kappa shape index (κ2) is 6.19. The van der Waals surface area contributed by atoms with Crippen molar-refractivity contribution in [1.82, 2.24) is 15.0 Å². The van der Waals surface area contributed by atoms with Crippen molar-refractivity contribution in [3.8, 4) is 0 Å². The fourth-order valence-corrected chi connectivity index (χ4v) is 2.77. The number of hydrogen-bond donors (Lipinski definition) is 0. The molecule has 1 atom stereocenters. The molecule has 1 aliphatic heterocycles. The summed E-state index contributed by atoms with van der Waals surface area (Å²) in [5.41, 5.74) is 0. The molecule has 1 unspecified atom stereocenters. The van der Waals surface area contributed by atoms with Gasteiger partial charge in [0.15, 0.2) is 5.82 Å². The van der Waals surface area contributed by atoms with Crippen molar-refractivity contribution in [2.24, 2.45) is 0 Å². The summed E-state index contributed by atoms with van der Waals surface area (Å²) in [7, 11) is 0. The third kappa shape index (κ3) is 3.20. The van der Waals surface area contributed by atoms with Crippen molar-refractivity contribution in [3.05, 3.63) is 40.2 Å². The predicted octanol–water partition coefficient (Wildman–Crippen LogP) is 2.05. The number of thiophene rings is 1.